The minimum absolute atomic E-state index is 0.0311. The predicted octanol–water partition coefficient (Wildman–Crippen LogP) is 13.1. The Kier molecular flexibility index (Phi) is 14.3. The Morgan fingerprint density at radius 3 is 2.24 bits per heavy atom. The van der Waals surface area contributed by atoms with Gasteiger partial charge in [0.1, 0.15) is 6.10 Å². The smallest absolute Gasteiger partial charge is 0.306 e. The zero-order valence-corrected chi connectivity index (χ0v) is 31.3. The molecule has 4 aliphatic rings. The topological polar surface area (TPSA) is 26.3 Å². The monoisotopic (exact) mass is 633 g/mol. The fourth-order valence-corrected chi connectivity index (χ4v) is 9.91. The molecule has 0 bridgehead atoms. The standard InChI is InChI=1S/C44H72O2/c1-8-9-10-11-12-13-14-15-16-17-18-19-20-21-42(45)46-37-28-30-43(6)36(32-37)24-25-38-40-27-26-39(44(40,7)31-29-41(38)43)35(5)23-22-34(4)33(2)3/h13-14,22-25,33-35,37,39-41H,8-12,15-21,26-32H2,1-7H3/b14-13-,23-22+/t34-,35+,37-,39+,40-,41-,43-,44+/m0/s1. The van der Waals surface area contributed by atoms with Gasteiger partial charge in [-0.25, -0.2) is 0 Å². The Morgan fingerprint density at radius 1 is 0.826 bits per heavy atom. The van der Waals surface area contributed by atoms with Crippen LogP contribution < -0.4 is 0 Å². The summed E-state index contributed by atoms with van der Waals surface area (Å²) in [4.78, 5) is 12.8. The fraction of sp³-hybridized carbons (Fsp3) is 0.795. The van der Waals surface area contributed by atoms with Gasteiger partial charge in [0, 0.05) is 12.8 Å². The van der Waals surface area contributed by atoms with Crippen LogP contribution in [0.4, 0.5) is 0 Å². The highest BCUT2D eigenvalue weighted by Crippen LogP contribution is 2.66. The lowest BCUT2D eigenvalue weighted by Gasteiger charge is -2.55. The lowest BCUT2D eigenvalue weighted by molar-refractivity contribution is -0.151. The van der Waals surface area contributed by atoms with Crippen molar-refractivity contribution in [2.75, 3.05) is 0 Å². The molecule has 0 N–H and O–H groups in total. The van der Waals surface area contributed by atoms with Crippen LogP contribution >= 0.6 is 0 Å². The number of fused-ring (bicyclic) bond motifs is 5. The summed E-state index contributed by atoms with van der Waals surface area (Å²) in [6.45, 7) is 17.0. The van der Waals surface area contributed by atoms with Gasteiger partial charge in [0.05, 0.1) is 0 Å². The van der Waals surface area contributed by atoms with Crippen LogP contribution in [-0.4, -0.2) is 12.1 Å². The van der Waals surface area contributed by atoms with Gasteiger partial charge >= 0.3 is 5.97 Å². The first kappa shape index (κ1) is 37.3. The normalized spacial score (nSPS) is 32.2. The number of esters is 1. The van der Waals surface area contributed by atoms with Gasteiger partial charge in [0.15, 0.2) is 0 Å². The van der Waals surface area contributed by atoms with Crippen LogP contribution in [0.25, 0.3) is 0 Å². The highest BCUT2D eigenvalue weighted by atomic mass is 16.5. The minimum Gasteiger partial charge on any atom is -0.462 e. The average molecular weight is 633 g/mol. The second-order valence-electron chi connectivity index (χ2n) is 16.9. The molecule has 46 heavy (non-hydrogen) atoms. The largest absolute Gasteiger partial charge is 0.462 e. The molecule has 0 unspecified atom stereocenters. The molecule has 260 valence electrons. The minimum atomic E-state index is 0.0311. The molecule has 2 nitrogen and oxygen atoms in total. The van der Waals surface area contributed by atoms with Crippen molar-refractivity contribution < 1.29 is 9.53 Å². The maximum atomic E-state index is 12.8. The van der Waals surface area contributed by atoms with Gasteiger partial charge in [-0.05, 0) is 117 Å². The van der Waals surface area contributed by atoms with Crippen LogP contribution in [0.3, 0.4) is 0 Å². The summed E-state index contributed by atoms with van der Waals surface area (Å²) < 4.78 is 6.09. The number of allylic oxidation sites excluding steroid dienone is 7. The molecule has 4 rings (SSSR count). The van der Waals surface area contributed by atoms with E-state index in [1.807, 2.05) is 0 Å². The first-order valence-electron chi connectivity index (χ1n) is 20.0. The highest BCUT2D eigenvalue weighted by molar-refractivity contribution is 5.69. The van der Waals surface area contributed by atoms with Crippen molar-refractivity contribution in [1.82, 2.24) is 0 Å². The van der Waals surface area contributed by atoms with Crippen LogP contribution in [-0.2, 0) is 9.53 Å². The first-order chi connectivity index (χ1) is 22.1. The van der Waals surface area contributed by atoms with E-state index in [2.05, 4.69) is 84.9 Å². The molecule has 3 saturated carbocycles. The maximum Gasteiger partial charge on any atom is 0.306 e. The van der Waals surface area contributed by atoms with Crippen molar-refractivity contribution in [3.8, 4) is 0 Å². The van der Waals surface area contributed by atoms with E-state index in [9.17, 15) is 4.79 Å². The van der Waals surface area contributed by atoms with Gasteiger partial charge in [-0.2, -0.15) is 0 Å². The van der Waals surface area contributed by atoms with Gasteiger partial charge in [0.25, 0.3) is 0 Å². The summed E-state index contributed by atoms with van der Waals surface area (Å²) in [6, 6.07) is 0. The van der Waals surface area contributed by atoms with E-state index < -0.39 is 0 Å². The summed E-state index contributed by atoms with van der Waals surface area (Å²) in [5, 5.41) is 0. The Balaban J connectivity index is 1.20. The molecule has 8 atom stereocenters. The van der Waals surface area contributed by atoms with Gasteiger partial charge in [-0.15, -0.1) is 0 Å². The molecule has 0 amide bonds. The van der Waals surface area contributed by atoms with E-state index in [4.69, 9.17) is 4.74 Å². The quantitative estimate of drug-likeness (QED) is 0.0853. The average Bonchev–Trinajstić information content (AvgIpc) is 3.39. The molecule has 2 heteroatoms. The van der Waals surface area contributed by atoms with Crippen LogP contribution in [0.2, 0.25) is 0 Å². The second-order valence-corrected chi connectivity index (χ2v) is 16.9. The second kappa shape index (κ2) is 17.7. The van der Waals surface area contributed by atoms with Crippen molar-refractivity contribution in [2.24, 2.45) is 46.3 Å². The van der Waals surface area contributed by atoms with Crippen molar-refractivity contribution in [2.45, 2.75) is 177 Å². The molecule has 0 radical (unpaired) electrons. The van der Waals surface area contributed by atoms with Crippen LogP contribution in [0.1, 0.15) is 170 Å². The Morgan fingerprint density at radius 2 is 1.52 bits per heavy atom. The lowest BCUT2D eigenvalue weighted by atomic mass is 9.50. The van der Waals surface area contributed by atoms with Gasteiger partial charge in [-0.3, -0.25) is 4.79 Å². The van der Waals surface area contributed by atoms with Gasteiger partial charge < -0.3 is 4.74 Å². The maximum absolute atomic E-state index is 12.8. The van der Waals surface area contributed by atoms with Gasteiger partial charge in [0.2, 0.25) is 0 Å². The molecular formula is C44H72O2. The first-order valence-corrected chi connectivity index (χ1v) is 20.0. The highest BCUT2D eigenvalue weighted by Gasteiger charge is 2.57. The Bertz CT molecular complexity index is 1080. The molecule has 0 spiro atoms. The van der Waals surface area contributed by atoms with Crippen molar-refractivity contribution >= 4 is 5.97 Å². The third kappa shape index (κ3) is 9.31. The number of unbranched alkanes of at least 4 members (excludes halogenated alkanes) is 9. The number of hydrogen-bond acceptors (Lipinski definition) is 2. The fourth-order valence-electron chi connectivity index (χ4n) is 9.91. The van der Waals surface area contributed by atoms with E-state index in [-0.39, 0.29) is 17.5 Å². The van der Waals surface area contributed by atoms with E-state index in [1.165, 1.54) is 83.5 Å². The summed E-state index contributed by atoms with van der Waals surface area (Å²) >= 11 is 0. The van der Waals surface area contributed by atoms with E-state index in [0.29, 0.717) is 35.5 Å². The Labute approximate surface area is 285 Å². The van der Waals surface area contributed by atoms with Crippen LogP contribution in [0.15, 0.2) is 47.6 Å². The SMILES string of the molecule is CCCCCC/C=C\CCCCCCCC(=O)O[C@H]1CC[C@@]2(C)C(=CC=C3[C@@H]4CC[C@H]([C@H](C)/C=C/[C@H](C)C(C)C)[C@@]4(C)CC[C@@H]32)C1. The van der Waals surface area contributed by atoms with E-state index in [0.717, 1.165) is 43.9 Å². The van der Waals surface area contributed by atoms with Crippen molar-refractivity contribution in [3.05, 3.63) is 47.6 Å². The summed E-state index contributed by atoms with van der Waals surface area (Å²) in [5.41, 5.74) is 3.99. The van der Waals surface area contributed by atoms with E-state index in [1.54, 1.807) is 11.1 Å². The molecule has 0 aromatic carbocycles. The number of hydrogen-bond donors (Lipinski definition) is 0. The van der Waals surface area contributed by atoms with E-state index >= 15 is 0 Å². The van der Waals surface area contributed by atoms with Crippen LogP contribution in [0, 0.1) is 46.3 Å². The third-order valence-electron chi connectivity index (χ3n) is 13.4. The van der Waals surface area contributed by atoms with Crippen molar-refractivity contribution in [1.29, 1.82) is 0 Å². The molecular weight excluding hydrogens is 560 g/mol. The van der Waals surface area contributed by atoms with Crippen molar-refractivity contribution in [3.63, 3.8) is 0 Å². The Hall–Kier alpha value is -1.57. The number of carbonyl (C=O) groups is 1. The number of ether oxygens (including phenoxy) is 1. The number of rotatable bonds is 18. The molecule has 0 saturated heterocycles. The molecule has 0 aromatic rings. The molecule has 0 aromatic heterocycles. The third-order valence-corrected chi connectivity index (χ3v) is 13.4. The summed E-state index contributed by atoms with van der Waals surface area (Å²) in [7, 11) is 0. The molecule has 0 heterocycles. The molecule has 3 fully saturated rings. The summed E-state index contributed by atoms with van der Waals surface area (Å²) in [5.74, 6) is 4.24. The number of carbonyl (C=O) groups excluding carboxylic acids is 1. The van der Waals surface area contributed by atoms with Gasteiger partial charge in [-0.1, -0.05) is 135 Å². The molecule has 0 aliphatic heterocycles. The van der Waals surface area contributed by atoms with Crippen LogP contribution in [0.5, 0.6) is 0 Å². The predicted molar refractivity (Wildman–Crippen MR) is 198 cm³/mol. The zero-order valence-electron chi connectivity index (χ0n) is 31.3. The lowest BCUT2D eigenvalue weighted by Crippen LogP contribution is -2.46. The molecule has 4 aliphatic carbocycles. The summed E-state index contributed by atoms with van der Waals surface area (Å²) in [6.07, 6.45) is 37.8. The zero-order chi connectivity index (χ0) is 33.2.